The molecule has 2 heterocycles. The maximum atomic E-state index is 13.7. The number of fused-ring (bicyclic) bond motifs is 1. The topological polar surface area (TPSA) is 185 Å². The van der Waals surface area contributed by atoms with Gasteiger partial charge < -0.3 is 36.2 Å². The van der Waals surface area contributed by atoms with Gasteiger partial charge in [-0.05, 0) is 42.5 Å². The van der Waals surface area contributed by atoms with Crippen molar-refractivity contribution in [1.29, 1.82) is 0 Å². The van der Waals surface area contributed by atoms with Gasteiger partial charge in [0.25, 0.3) is 0 Å². The van der Waals surface area contributed by atoms with Crippen LogP contribution in [0.1, 0.15) is 29.9 Å². The van der Waals surface area contributed by atoms with Crippen molar-refractivity contribution in [2.45, 2.75) is 49.3 Å². The zero-order chi connectivity index (χ0) is 30.9. The van der Waals surface area contributed by atoms with E-state index in [9.17, 15) is 39.3 Å². The van der Waals surface area contributed by atoms with Crippen molar-refractivity contribution in [2.75, 3.05) is 24.7 Å². The van der Waals surface area contributed by atoms with Crippen molar-refractivity contribution in [1.82, 2.24) is 20.9 Å². The molecule has 2 aliphatic rings. The fourth-order valence-corrected chi connectivity index (χ4v) is 7.33. The predicted octanol–water partition coefficient (Wildman–Crippen LogP) is 0.636. The quantitative estimate of drug-likeness (QED) is 0.237. The number of aliphatic carboxylic acids is 1. The Labute approximate surface area is 256 Å². The van der Waals surface area contributed by atoms with Gasteiger partial charge in [-0.3, -0.25) is 19.2 Å². The smallest absolute Gasteiger partial charge is 0.327 e. The van der Waals surface area contributed by atoms with Crippen LogP contribution in [0.15, 0.2) is 54.6 Å². The number of hydrogen-bond acceptors (Lipinski definition) is 9. The molecule has 0 spiro atoms. The van der Waals surface area contributed by atoms with Crippen molar-refractivity contribution in [2.24, 2.45) is 0 Å². The molecule has 230 valence electrons. The molecule has 14 heteroatoms. The Kier molecular flexibility index (Phi) is 11.3. The molecule has 4 amide bonds. The number of carbonyl (C=O) groups excluding carboxylic acids is 4. The minimum Gasteiger partial charge on any atom is -0.508 e. The number of carboxylic acids is 1. The Balaban J connectivity index is 1.58. The number of benzene rings is 2. The van der Waals surface area contributed by atoms with Crippen molar-refractivity contribution >= 4 is 51.2 Å². The van der Waals surface area contributed by atoms with Gasteiger partial charge >= 0.3 is 5.97 Å². The number of carboxylic acid groups (broad SMARTS) is 1. The van der Waals surface area contributed by atoms with Crippen LogP contribution < -0.4 is 16.0 Å². The van der Waals surface area contributed by atoms with E-state index in [1.165, 1.54) is 17.0 Å². The minimum atomic E-state index is -1.36. The molecule has 2 saturated heterocycles. The standard InChI is InChI=1S/C29H34N4O8S2/c34-14-21-28(39)33-12-4-7-24(33)27(38)32-23(29(40)41)16-43-42-15-22(26(37)30-21)31-25(36)20(18-5-2-1-3-6-18)13-17-8-10-19(35)11-9-17/h1-3,5-6,8-11,20-24,34-35H,4,7,12-16H2,(H,30,37)(H,31,36)(H,32,38)(H,40,41)/t20?,21-,22-,23-,24-/m0/s1. The van der Waals surface area contributed by atoms with Gasteiger partial charge in [-0.2, -0.15) is 0 Å². The molecule has 0 saturated carbocycles. The summed E-state index contributed by atoms with van der Waals surface area (Å²) >= 11 is 0. The molecule has 0 aliphatic carbocycles. The Morgan fingerprint density at radius 3 is 2.35 bits per heavy atom. The van der Waals surface area contributed by atoms with Gasteiger partial charge in [0.05, 0.1) is 12.5 Å². The van der Waals surface area contributed by atoms with Crippen molar-refractivity contribution < 1.29 is 39.3 Å². The second kappa shape index (κ2) is 15.1. The molecule has 1 unspecified atom stereocenters. The van der Waals surface area contributed by atoms with Crippen LogP contribution in [-0.4, -0.2) is 98.6 Å². The first-order valence-electron chi connectivity index (χ1n) is 13.8. The van der Waals surface area contributed by atoms with E-state index >= 15 is 0 Å². The summed E-state index contributed by atoms with van der Waals surface area (Å²) in [6.07, 6.45) is 1.10. The predicted molar refractivity (Wildman–Crippen MR) is 161 cm³/mol. The molecular weight excluding hydrogens is 596 g/mol. The van der Waals surface area contributed by atoms with E-state index in [0.29, 0.717) is 18.4 Å². The number of nitrogens with zero attached hydrogens (tertiary/aromatic N) is 1. The molecule has 2 fully saturated rings. The summed E-state index contributed by atoms with van der Waals surface area (Å²) in [5.41, 5.74) is 1.50. The van der Waals surface area contributed by atoms with Crippen molar-refractivity contribution in [3.63, 3.8) is 0 Å². The first-order valence-corrected chi connectivity index (χ1v) is 16.3. The molecule has 2 aromatic carbocycles. The minimum absolute atomic E-state index is 0.0125. The molecule has 43 heavy (non-hydrogen) atoms. The molecule has 0 aromatic heterocycles. The van der Waals surface area contributed by atoms with Crippen LogP contribution in [-0.2, 0) is 30.4 Å². The van der Waals surface area contributed by atoms with Gasteiger partial charge in [0.1, 0.15) is 29.9 Å². The van der Waals surface area contributed by atoms with E-state index in [4.69, 9.17) is 0 Å². The fraction of sp³-hybridized carbons (Fsp3) is 0.414. The SMILES string of the molecule is O=C(N[C@H]1CSSC[C@@H](C(=O)O)NC(=O)[C@@H]2CCCN2C(=O)[C@H](CO)NC1=O)C(Cc1ccc(O)cc1)c1ccccc1. The number of hydrogen-bond donors (Lipinski definition) is 6. The van der Waals surface area contributed by atoms with Gasteiger partial charge in [-0.25, -0.2) is 4.79 Å². The summed E-state index contributed by atoms with van der Waals surface area (Å²) in [6, 6.07) is 10.8. The fourth-order valence-electron chi connectivity index (χ4n) is 5.01. The highest BCUT2D eigenvalue weighted by Gasteiger charge is 2.40. The molecular formula is C29H34N4O8S2. The van der Waals surface area contributed by atoms with E-state index in [1.807, 2.05) is 6.07 Å². The van der Waals surface area contributed by atoms with Gasteiger partial charge in [-0.1, -0.05) is 64.1 Å². The third-order valence-electron chi connectivity index (χ3n) is 7.33. The van der Waals surface area contributed by atoms with Crippen LogP contribution in [0.3, 0.4) is 0 Å². The van der Waals surface area contributed by atoms with Gasteiger partial charge in [-0.15, -0.1) is 0 Å². The van der Waals surface area contributed by atoms with E-state index in [1.54, 1.807) is 36.4 Å². The highest BCUT2D eigenvalue weighted by atomic mass is 33.1. The van der Waals surface area contributed by atoms with E-state index in [2.05, 4.69) is 16.0 Å². The first kappa shape index (κ1) is 32.2. The zero-order valence-electron chi connectivity index (χ0n) is 23.2. The third kappa shape index (κ3) is 8.42. The van der Waals surface area contributed by atoms with Gasteiger partial charge in [0.15, 0.2) is 0 Å². The van der Waals surface area contributed by atoms with Gasteiger partial charge in [0, 0.05) is 18.1 Å². The largest absolute Gasteiger partial charge is 0.508 e. The molecule has 12 nitrogen and oxygen atoms in total. The molecule has 5 atom stereocenters. The van der Waals surface area contributed by atoms with E-state index in [0.717, 1.165) is 27.2 Å². The molecule has 0 radical (unpaired) electrons. The molecule has 4 rings (SSSR count). The summed E-state index contributed by atoms with van der Waals surface area (Å²) in [4.78, 5) is 66.5. The number of aliphatic hydroxyl groups is 1. The number of rotatable bonds is 7. The highest BCUT2D eigenvalue weighted by molar-refractivity contribution is 8.76. The average Bonchev–Trinajstić information content (AvgIpc) is 3.50. The summed E-state index contributed by atoms with van der Waals surface area (Å²) in [5, 5.41) is 37.2. The molecule has 2 aromatic rings. The summed E-state index contributed by atoms with van der Waals surface area (Å²) in [5.74, 6) is -4.26. The number of aromatic hydroxyl groups is 1. The Hall–Kier alpha value is -3.75. The van der Waals surface area contributed by atoms with Crippen LogP contribution in [0, 0.1) is 0 Å². The number of phenolic OH excluding ortho intramolecular Hbond substituents is 1. The number of amides is 4. The van der Waals surface area contributed by atoms with Crippen LogP contribution >= 0.6 is 21.6 Å². The summed E-state index contributed by atoms with van der Waals surface area (Å²) in [7, 11) is 2.27. The number of carbonyl (C=O) groups is 5. The van der Waals surface area contributed by atoms with Crippen molar-refractivity contribution in [3.05, 3.63) is 65.7 Å². The second-order valence-corrected chi connectivity index (χ2v) is 12.8. The summed E-state index contributed by atoms with van der Waals surface area (Å²) < 4.78 is 0. The van der Waals surface area contributed by atoms with Crippen molar-refractivity contribution in [3.8, 4) is 5.75 Å². The maximum Gasteiger partial charge on any atom is 0.327 e. The summed E-state index contributed by atoms with van der Waals surface area (Å²) in [6.45, 7) is -0.523. The highest BCUT2D eigenvalue weighted by Crippen LogP contribution is 2.27. The molecule has 2 aliphatic heterocycles. The lowest BCUT2D eigenvalue weighted by atomic mass is 9.91. The normalized spacial score (nSPS) is 24.2. The Morgan fingerprint density at radius 1 is 0.977 bits per heavy atom. The average molecular weight is 631 g/mol. The Morgan fingerprint density at radius 2 is 1.67 bits per heavy atom. The Bertz CT molecular complexity index is 1310. The van der Waals surface area contributed by atoms with Gasteiger partial charge in [0.2, 0.25) is 23.6 Å². The number of aliphatic hydroxyl groups excluding tert-OH is 1. The van der Waals surface area contributed by atoms with Crippen LogP contribution in [0.25, 0.3) is 0 Å². The van der Waals surface area contributed by atoms with E-state index in [-0.39, 0.29) is 30.2 Å². The lowest BCUT2D eigenvalue weighted by molar-refractivity contribution is -0.145. The maximum absolute atomic E-state index is 13.7. The lowest BCUT2D eigenvalue weighted by Gasteiger charge is -2.30. The molecule has 0 bridgehead atoms. The van der Waals surface area contributed by atoms with E-state index < -0.39 is 66.3 Å². The number of phenols is 1. The monoisotopic (exact) mass is 630 g/mol. The zero-order valence-corrected chi connectivity index (χ0v) is 24.8. The van der Waals surface area contributed by atoms with Crippen LogP contribution in [0.4, 0.5) is 0 Å². The third-order valence-corrected chi connectivity index (χ3v) is 9.75. The van der Waals surface area contributed by atoms with Crippen LogP contribution in [0.5, 0.6) is 5.75 Å². The second-order valence-electron chi connectivity index (χ2n) is 10.3. The molecule has 6 N–H and O–H groups in total. The first-order chi connectivity index (χ1) is 20.7. The number of nitrogens with one attached hydrogen (secondary N) is 3. The lowest BCUT2D eigenvalue weighted by Crippen LogP contribution is -2.59. The van der Waals surface area contributed by atoms with Crippen LogP contribution in [0.2, 0.25) is 0 Å².